The number of methoxy groups -OCH3 is 1. The number of ketones is 1. The van der Waals surface area contributed by atoms with Crippen LogP contribution in [-0.2, 0) is 4.74 Å². The third kappa shape index (κ3) is 5.48. The summed E-state index contributed by atoms with van der Waals surface area (Å²) in [7, 11) is 1.78. The van der Waals surface area contributed by atoms with Gasteiger partial charge in [0.15, 0.2) is 5.78 Å². The lowest BCUT2D eigenvalue weighted by atomic mass is 9.98. The number of hydrogen-bond donors (Lipinski definition) is 0. The summed E-state index contributed by atoms with van der Waals surface area (Å²) in [6.07, 6.45) is 0.108. The molecule has 3 rings (SSSR count). The van der Waals surface area contributed by atoms with E-state index in [1.165, 1.54) is 5.56 Å². The maximum Gasteiger partial charge on any atom is 0.166 e. The molecule has 1 heterocycles. The number of nitrogens with zero attached hydrogens (tertiary/aromatic N) is 2. The van der Waals surface area contributed by atoms with E-state index in [4.69, 9.17) is 4.74 Å². The van der Waals surface area contributed by atoms with Crippen LogP contribution in [0.2, 0.25) is 0 Å². The van der Waals surface area contributed by atoms with Gasteiger partial charge in [0.1, 0.15) is 0 Å². The topological polar surface area (TPSA) is 32.8 Å². The van der Waals surface area contributed by atoms with Crippen LogP contribution in [0.5, 0.6) is 0 Å². The summed E-state index contributed by atoms with van der Waals surface area (Å²) in [4.78, 5) is 17.4. The second kappa shape index (κ2) is 9.79. The van der Waals surface area contributed by atoms with E-state index in [9.17, 15) is 4.79 Å². The summed E-state index contributed by atoms with van der Waals surface area (Å²) in [5.74, 6) is 0.261. The Kier molecular flexibility index (Phi) is 7.16. The molecular weight excluding hydrogens is 336 g/mol. The first kappa shape index (κ1) is 19.7. The molecule has 144 valence electrons. The van der Waals surface area contributed by atoms with Crippen molar-refractivity contribution in [3.8, 4) is 0 Å². The van der Waals surface area contributed by atoms with Crippen molar-refractivity contribution in [3.05, 3.63) is 71.8 Å². The SMILES string of the molecule is COC(CN1CCN(CC(C)C(=O)c2ccccc2)CC1)c1ccccc1. The minimum absolute atomic E-state index is 0.0231. The smallest absolute Gasteiger partial charge is 0.166 e. The van der Waals surface area contributed by atoms with Crippen molar-refractivity contribution in [2.75, 3.05) is 46.4 Å². The third-order valence-corrected chi connectivity index (χ3v) is 5.38. The Labute approximate surface area is 162 Å². The van der Waals surface area contributed by atoms with Gasteiger partial charge in [-0.25, -0.2) is 0 Å². The Bertz CT molecular complexity index is 697. The van der Waals surface area contributed by atoms with E-state index < -0.39 is 0 Å². The van der Waals surface area contributed by atoms with Crippen molar-refractivity contribution in [2.24, 2.45) is 5.92 Å². The largest absolute Gasteiger partial charge is 0.375 e. The highest BCUT2D eigenvalue weighted by molar-refractivity contribution is 5.97. The Morgan fingerprint density at radius 2 is 1.41 bits per heavy atom. The molecule has 2 aromatic rings. The van der Waals surface area contributed by atoms with Crippen molar-refractivity contribution in [1.82, 2.24) is 9.80 Å². The molecule has 0 aliphatic carbocycles. The van der Waals surface area contributed by atoms with E-state index in [1.54, 1.807) is 7.11 Å². The van der Waals surface area contributed by atoms with Gasteiger partial charge in [-0.15, -0.1) is 0 Å². The Balaban J connectivity index is 1.46. The number of hydrogen-bond acceptors (Lipinski definition) is 4. The number of benzene rings is 2. The molecule has 0 radical (unpaired) electrons. The van der Waals surface area contributed by atoms with Crippen LogP contribution in [0.25, 0.3) is 0 Å². The van der Waals surface area contributed by atoms with Crippen molar-refractivity contribution < 1.29 is 9.53 Å². The Morgan fingerprint density at radius 3 is 1.96 bits per heavy atom. The third-order valence-electron chi connectivity index (χ3n) is 5.38. The Hall–Kier alpha value is -2.01. The van der Waals surface area contributed by atoms with Crippen LogP contribution in [0, 0.1) is 5.92 Å². The zero-order valence-electron chi connectivity index (χ0n) is 16.4. The summed E-state index contributed by atoms with van der Waals surface area (Å²) < 4.78 is 5.71. The van der Waals surface area contributed by atoms with Gasteiger partial charge in [-0.2, -0.15) is 0 Å². The van der Waals surface area contributed by atoms with Crippen molar-refractivity contribution in [1.29, 1.82) is 0 Å². The van der Waals surface area contributed by atoms with Crippen molar-refractivity contribution >= 4 is 5.78 Å². The standard InChI is InChI=1S/C23H30N2O2/c1-19(23(26)21-11-7-4-8-12-21)17-24-13-15-25(16-14-24)18-22(27-2)20-9-5-3-6-10-20/h3-12,19,22H,13-18H2,1-2H3. The molecule has 0 saturated carbocycles. The van der Waals surface area contributed by atoms with Crippen LogP contribution >= 0.6 is 0 Å². The molecule has 1 fully saturated rings. The highest BCUT2D eigenvalue weighted by Gasteiger charge is 2.24. The molecule has 1 aliphatic heterocycles. The van der Waals surface area contributed by atoms with Crippen molar-refractivity contribution in [2.45, 2.75) is 13.0 Å². The molecule has 2 atom stereocenters. The fraction of sp³-hybridized carbons (Fsp3) is 0.435. The molecule has 0 aromatic heterocycles. The molecule has 0 bridgehead atoms. The average molecular weight is 367 g/mol. The van der Waals surface area contributed by atoms with Gasteiger partial charge >= 0.3 is 0 Å². The first-order chi connectivity index (χ1) is 13.2. The van der Waals surface area contributed by atoms with Crippen LogP contribution in [-0.4, -0.2) is 62.0 Å². The predicted octanol–water partition coefficient (Wildman–Crippen LogP) is 3.51. The van der Waals surface area contributed by atoms with Gasteiger partial charge in [-0.05, 0) is 5.56 Å². The van der Waals surface area contributed by atoms with Gasteiger partial charge in [0.2, 0.25) is 0 Å². The van der Waals surface area contributed by atoms with Crippen LogP contribution in [0.15, 0.2) is 60.7 Å². The number of piperazine rings is 1. The quantitative estimate of drug-likeness (QED) is 0.670. The van der Waals surface area contributed by atoms with Gasteiger partial charge < -0.3 is 9.64 Å². The molecule has 2 aromatic carbocycles. The molecule has 0 amide bonds. The summed E-state index contributed by atoms with van der Waals surface area (Å²) in [6, 6.07) is 20.0. The summed E-state index contributed by atoms with van der Waals surface area (Å²) in [5, 5.41) is 0. The zero-order valence-corrected chi connectivity index (χ0v) is 16.4. The molecule has 2 unspecified atom stereocenters. The lowest BCUT2D eigenvalue weighted by Crippen LogP contribution is -2.49. The highest BCUT2D eigenvalue weighted by Crippen LogP contribution is 2.19. The van der Waals surface area contributed by atoms with Crippen molar-refractivity contribution in [3.63, 3.8) is 0 Å². The summed E-state index contributed by atoms with van der Waals surface area (Å²) in [6.45, 7) is 7.80. The molecule has 4 heteroatoms. The van der Waals surface area contributed by atoms with Gasteiger partial charge in [0.05, 0.1) is 6.10 Å². The lowest BCUT2D eigenvalue weighted by Gasteiger charge is -2.37. The van der Waals surface area contributed by atoms with E-state index >= 15 is 0 Å². The minimum atomic E-state index is 0.0231. The number of carbonyl (C=O) groups is 1. The second-order valence-corrected chi connectivity index (χ2v) is 7.37. The monoisotopic (exact) mass is 366 g/mol. The van der Waals surface area contributed by atoms with Crippen LogP contribution in [0.4, 0.5) is 0 Å². The normalized spacial score (nSPS) is 18.1. The molecule has 27 heavy (non-hydrogen) atoms. The van der Waals surface area contributed by atoms with E-state index in [-0.39, 0.29) is 17.8 Å². The van der Waals surface area contributed by atoms with E-state index in [2.05, 4.69) is 34.1 Å². The summed E-state index contributed by atoms with van der Waals surface area (Å²) >= 11 is 0. The maximum atomic E-state index is 12.6. The van der Waals surface area contributed by atoms with Gasteiger partial charge in [0, 0.05) is 57.9 Å². The van der Waals surface area contributed by atoms with Crippen LogP contribution < -0.4 is 0 Å². The maximum absolute atomic E-state index is 12.6. The van der Waals surface area contributed by atoms with E-state index in [1.807, 2.05) is 43.3 Å². The highest BCUT2D eigenvalue weighted by atomic mass is 16.5. The molecule has 0 N–H and O–H groups in total. The van der Waals surface area contributed by atoms with Gasteiger partial charge in [0.25, 0.3) is 0 Å². The fourth-order valence-corrected chi connectivity index (χ4v) is 3.73. The van der Waals surface area contributed by atoms with Crippen LogP contribution in [0.1, 0.15) is 28.9 Å². The number of carbonyl (C=O) groups excluding carboxylic acids is 1. The first-order valence-electron chi connectivity index (χ1n) is 9.79. The number of ether oxygens (including phenoxy) is 1. The van der Waals surface area contributed by atoms with E-state index in [0.717, 1.165) is 44.8 Å². The summed E-state index contributed by atoms with van der Waals surface area (Å²) in [5.41, 5.74) is 2.04. The number of Topliss-reactive ketones (excluding diaryl/α,β-unsaturated/α-hetero) is 1. The minimum Gasteiger partial charge on any atom is -0.375 e. The van der Waals surface area contributed by atoms with E-state index in [0.29, 0.717) is 0 Å². The molecule has 1 saturated heterocycles. The lowest BCUT2D eigenvalue weighted by molar-refractivity contribution is 0.0392. The van der Waals surface area contributed by atoms with Gasteiger partial charge in [-0.3, -0.25) is 9.69 Å². The fourth-order valence-electron chi connectivity index (χ4n) is 3.73. The molecule has 1 aliphatic rings. The number of rotatable bonds is 8. The first-order valence-corrected chi connectivity index (χ1v) is 9.79. The zero-order chi connectivity index (χ0) is 19.1. The predicted molar refractivity (Wildman–Crippen MR) is 109 cm³/mol. The molecule has 0 spiro atoms. The Morgan fingerprint density at radius 1 is 0.889 bits per heavy atom. The average Bonchev–Trinajstić information content (AvgIpc) is 2.74. The van der Waals surface area contributed by atoms with Crippen LogP contribution in [0.3, 0.4) is 0 Å². The molecular formula is C23H30N2O2. The van der Waals surface area contributed by atoms with Gasteiger partial charge in [-0.1, -0.05) is 67.6 Å². The second-order valence-electron chi connectivity index (χ2n) is 7.37. The molecule has 4 nitrogen and oxygen atoms in total.